The van der Waals surface area contributed by atoms with Crippen LogP contribution in [-0.2, 0) is 14.3 Å². The van der Waals surface area contributed by atoms with Crippen molar-refractivity contribution < 1.29 is 17.0 Å². The Morgan fingerprint density at radius 2 is 2.06 bits per heavy atom. The minimum atomic E-state index is -3.58. The van der Waals surface area contributed by atoms with E-state index in [4.69, 9.17) is 4.18 Å². The lowest BCUT2D eigenvalue weighted by atomic mass is 10.0. The Labute approximate surface area is 103 Å². The fraction of sp³-hybridized carbons (Fsp3) is 1.00. The van der Waals surface area contributed by atoms with Crippen LogP contribution in [0.25, 0.3) is 0 Å². The van der Waals surface area contributed by atoms with Gasteiger partial charge in [-0.3, -0.25) is 9.08 Å². The van der Waals surface area contributed by atoms with Gasteiger partial charge in [-0.1, -0.05) is 0 Å². The van der Waals surface area contributed by atoms with E-state index in [9.17, 15) is 12.8 Å². The monoisotopic (exact) mass is 267 g/mol. The Balaban J connectivity index is 2.62. The van der Waals surface area contributed by atoms with Crippen LogP contribution < -0.4 is 0 Å². The molecular formula is C11H22FNO3S. The summed E-state index contributed by atoms with van der Waals surface area (Å²) >= 11 is 0. The van der Waals surface area contributed by atoms with E-state index in [1.165, 1.54) is 0 Å². The van der Waals surface area contributed by atoms with Gasteiger partial charge in [0.15, 0.2) is 0 Å². The molecule has 0 radical (unpaired) electrons. The highest BCUT2D eigenvalue weighted by Gasteiger charge is 2.36. The predicted molar refractivity (Wildman–Crippen MR) is 65.1 cm³/mol. The van der Waals surface area contributed by atoms with Gasteiger partial charge in [-0.05, 0) is 33.7 Å². The molecule has 4 nitrogen and oxygen atoms in total. The largest absolute Gasteiger partial charge is 0.298 e. The highest BCUT2D eigenvalue weighted by atomic mass is 32.2. The van der Waals surface area contributed by atoms with Gasteiger partial charge in [0.1, 0.15) is 12.8 Å². The summed E-state index contributed by atoms with van der Waals surface area (Å²) in [6, 6.07) is 0. The maximum absolute atomic E-state index is 12.9. The molecule has 0 bridgehead atoms. The SMILES string of the molecule is CC(C)(C)N1CC[C@H](C(CF)OS(C)(=O)=O)C1. The van der Waals surface area contributed by atoms with Crippen LogP contribution in [0.2, 0.25) is 0 Å². The minimum Gasteiger partial charge on any atom is -0.298 e. The third-order valence-electron chi connectivity index (χ3n) is 3.15. The average molecular weight is 267 g/mol. The molecule has 2 atom stereocenters. The third kappa shape index (κ3) is 4.52. The van der Waals surface area contributed by atoms with E-state index in [2.05, 4.69) is 25.7 Å². The van der Waals surface area contributed by atoms with E-state index < -0.39 is 22.9 Å². The molecule has 0 aromatic carbocycles. The van der Waals surface area contributed by atoms with E-state index in [-0.39, 0.29) is 11.5 Å². The van der Waals surface area contributed by atoms with Crippen LogP contribution in [0.1, 0.15) is 27.2 Å². The first-order valence-electron chi connectivity index (χ1n) is 5.83. The lowest BCUT2D eigenvalue weighted by molar-refractivity contribution is 0.100. The van der Waals surface area contributed by atoms with Gasteiger partial charge in [-0.25, -0.2) is 4.39 Å². The van der Waals surface area contributed by atoms with Crippen molar-refractivity contribution in [2.75, 3.05) is 26.0 Å². The number of hydrogen-bond acceptors (Lipinski definition) is 4. The molecule has 0 aliphatic carbocycles. The first-order valence-corrected chi connectivity index (χ1v) is 7.64. The smallest absolute Gasteiger partial charge is 0.264 e. The van der Waals surface area contributed by atoms with E-state index in [1.807, 2.05) is 0 Å². The summed E-state index contributed by atoms with van der Waals surface area (Å²) in [6.07, 6.45) is 0.908. The van der Waals surface area contributed by atoms with Gasteiger partial charge < -0.3 is 0 Å². The fourth-order valence-electron chi connectivity index (χ4n) is 2.15. The molecule has 0 aromatic rings. The Hall–Kier alpha value is -0.200. The van der Waals surface area contributed by atoms with Crippen LogP contribution in [0.5, 0.6) is 0 Å². The van der Waals surface area contributed by atoms with Gasteiger partial charge in [0.25, 0.3) is 10.1 Å². The average Bonchev–Trinajstić information content (AvgIpc) is 2.60. The molecular weight excluding hydrogens is 245 g/mol. The Kier molecular flexibility index (Phi) is 4.54. The van der Waals surface area contributed by atoms with Crippen LogP contribution >= 0.6 is 0 Å². The standard InChI is InChI=1S/C11H22FNO3S/c1-11(2,3)13-6-5-9(8-13)10(7-12)16-17(4,14)15/h9-10H,5-8H2,1-4H3/t9-,10?/m0/s1. The molecule has 102 valence electrons. The van der Waals surface area contributed by atoms with Gasteiger partial charge in [0.05, 0.1) is 6.26 Å². The first-order chi connectivity index (χ1) is 7.63. The molecule has 1 unspecified atom stereocenters. The molecule has 1 fully saturated rings. The molecule has 1 aliphatic rings. The molecule has 0 spiro atoms. The maximum atomic E-state index is 12.9. The summed E-state index contributed by atoms with van der Waals surface area (Å²) in [7, 11) is -3.58. The zero-order valence-corrected chi connectivity index (χ0v) is 11.8. The van der Waals surface area contributed by atoms with Crippen LogP contribution in [0, 0.1) is 5.92 Å². The number of rotatable bonds is 4. The van der Waals surface area contributed by atoms with Gasteiger partial charge in [-0.2, -0.15) is 8.42 Å². The topological polar surface area (TPSA) is 46.6 Å². The van der Waals surface area contributed by atoms with Gasteiger partial charge in [0, 0.05) is 18.0 Å². The second kappa shape index (κ2) is 5.20. The summed E-state index contributed by atoms with van der Waals surface area (Å²) in [4.78, 5) is 2.23. The number of likely N-dealkylation sites (tertiary alicyclic amines) is 1. The molecule has 1 aliphatic heterocycles. The van der Waals surface area contributed by atoms with Crippen LogP contribution in [0.15, 0.2) is 0 Å². The van der Waals surface area contributed by atoms with Gasteiger partial charge in [-0.15, -0.1) is 0 Å². The molecule has 0 N–H and O–H groups in total. The summed E-state index contributed by atoms with van der Waals surface area (Å²) in [5.41, 5.74) is 0.0285. The van der Waals surface area contributed by atoms with Gasteiger partial charge in [0.2, 0.25) is 0 Å². The zero-order chi connectivity index (χ0) is 13.3. The third-order valence-corrected chi connectivity index (χ3v) is 3.75. The van der Waals surface area contributed by atoms with Crippen molar-refractivity contribution in [2.45, 2.75) is 38.8 Å². The van der Waals surface area contributed by atoms with E-state index >= 15 is 0 Å². The molecule has 0 amide bonds. The Bertz CT molecular complexity index is 350. The van der Waals surface area contributed by atoms with Crippen molar-refractivity contribution in [2.24, 2.45) is 5.92 Å². The summed E-state index contributed by atoms with van der Waals surface area (Å²) < 4.78 is 39.7. The van der Waals surface area contributed by atoms with Gasteiger partial charge >= 0.3 is 0 Å². The zero-order valence-electron chi connectivity index (χ0n) is 10.9. The molecule has 6 heteroatoms. The van der Waals surface area contributed by atoms with Crippen molar-refractivity contribution in [3.63, 3.8) is 0 Å². The van der Waals surface area contributed by atoms with Crippen molar-refractivity contribution in [1.82, 2.24) is 4.90 Å². The number of alkyl halides is 1. The molecule has 17 heavy (non-hydrogen) atoms. The van der Waals surface area contributed by atoms with Crippen LogP contribution in [0.4, 0.5) is 4.39 Å². The second-order valence-electron chi connectivity index (χ2n) is 5.66. The molecule has 0 saturated carbocycles. The second-order valence-corrected chi connectivity index (χ2v) is 7.26. The predicted octanol–water partition coefficient (Wildman–Crippen LogP) is 1.42. The summed E-state index contributed by atoms with van der Waals surface area (Å²) in [5, 5.41) is 0. The number of nitrogens with zero attached hydrogens (tertiary/aromatic N) is 1. The summed E-state index contributed by atoms with van der Waals surface area (Å²) in [6.45, 7) is 7.08. The minimum absolute atomic E-state index is 0.0285. The lowest BCUT2D eigenvalue weighted by Crippen LogP contribution is -2.41. The van der Waals surface area contributed by atoms with E-state index in [1.54, 1.807) is 0 Å². The molecule has 1 saturated heterocycles. The number of hydrogen-bond donors (Lipinski definition) is 0. The first kappa shape index (κ1) is 14.9. The Morgan fingerprint density at radius 3 is 2.41 bits per heavy atom. The molecule has 1 rings (SSSR count). The fourth-order valence-corrected chi connectivity index (χ4v) is 2.81. The maximum Gasteiger partial charge on any atom is 0.264 e. The van der Waals surface area contributed by atoms with Crippen LogP contribution in [0.3, 0.4) is 0 Å². The van der Waals surface area contributed by atoms with Crippen molar-refractivity contribution in [3.05, 3.63) is 0 Å². The number of halogens is 1. The lowest BCUT2D eigenvalue weighted by Gasteiger charge is -2.32. The van der Waals surface area contributed by atoms with Crippen molar-refractivity contribution >= 4 is 10.1 Å². The Morgan fingerprint density at radius 1 is 1.47 bits per heavy atom. The van der Waals surface area contributed by atoms with Crippen molar-refractivity contribution in [1.29, 1.82) is 0 Å². The quantitative estimate of drug-likeness (QED) is 0.723. The highest BCUT2D eigenvalue weighted by molar-refractivity contribution is 7.86. The van der Waals surface area contributed by atoms with Crippen LogP contribution in [-0.4, -0.2) is 51.0 Å². The van der Waals surface area contributed by atoms with E-state index in [0.29, 0.717) is 6.54 Å². The normalized spacial score (nSPS) is 25.1. The van der Waals surface area contributed by atoms with E-state index in [0.717, 1.165) is 19.2 Å². The molecule has 0 aromatic heterocycles. The summed E-state index contributed by atoms with van der Waals surface area (Å²) in [5.74, 6) is -0.0473. The molecule has 1 heterocycles. The highest BCUT2D eigenvalue weighted by Crippen LogP contribution is 2.28. The van der Waals surface area contributed by atoms with Crippen molar-refractivity contribution in [3.8, 4) is 0 Å².